The summed E-state index contributed by atoms with van der Waals surface area (Å²) in [5.41, 5.74) is 0.741. The lowest BCUT2D eigenvalue weighted by molar-refractivity contribution is -0.129. The van der Waals surface area contributed by atoms with Gasteiger partial charge in [0.2, 0.25) is 5.90 Å². The van der Waals surface area contributed by atoms with Crippen LogP contribution in [0.15, 0.2) is 41.0 Å². The standard InChI is InChI=1S/C20H12Cl3NO4S/c1-26-13-5-3-4-9(17(13)27-2)6-12-20(25)28-19(24-12)18-16(23)15-11(22)7-10(21)8-14(15)29-18/h3-8H,1-2H3/b12-6-. The van der Waals surface area contributed by atoms with Gasteiger partial charge in [0.1, 0.15) is 4.88 Å². The smallest absolute Gasteiger partial charge is 0.363 e. The Kier molecular flexibility index (Phi) is 5.44. The molecule has 1 aliphatic heterocycles. The fraction of sp³-hybridized carbons (Fsp3) is 0.100. The zero-order valence-electron chi connectivity index (χ0n) is 15.1. The first kappa shape index (κ1) is 20.0. The molecule has 9 heteroatoms. The number of methoxy groups -OCH3 is 2. The number of esters is 1. The van der Waals surface area contributed by atoms with Crippen LogP contribution in [0.2, 0.25) is 15.1 Å². The summed E-state index contributed by atoms with van der Waals surface area (Å²) >= 11 is 20.1. The molecule has 0 amide bonds. The zero-order valence-corrected chi connectivity index (χ0v) is 18.2. The molecule has 3 aromatic rings. The SMILES string of the molecule is COc1cccc(/C=C2\N=C(c3sc4cc(Cl)cc(Cl)c4c3Cl)OC2=O)c1OC. The molecule has 4 rings (SSSR count). The molecule has 0 radical (unpaired) electrons. The van der Waals surface area contributed by atoms with Crippen molar-refractivity contribution in [3.8, 4) is 11.5 Å². The third-order valence-corrected chi connectivity index (χ3v) is 6.32. The van der Waals surface area contributed by atoms with E-state index in [4.69, 9.17) is 49.0 Å². The van der Waals surface area contributed by atoms with Crippen LogP contribution in [-0.2, 0) is 9.53 Å². The van der Waals surface area contributed by atoms with Gasteiger partial charge in [-0.3, -0.25) is 0 Å². The highest BCUT2D eigenvalue weighted by Crippen LogP contribution is 2.42. The number of benzene rings is 2. The van der Waals surface area contributed by atoms with Crippen molar-refractivity contribution < 1.29 is 19.0 Å². The van der Waals surface area contributed by atoms with Crippen molar-refractivity contribution in [3.63, 3.8) is 0 Å². The highest BCUT2D eigenvalue weighted by molar-refractivity contribution is 7.21. The van der Waals surface area contributed by atoms with Gasteiger partial charge in [0.05, 0.1) is 24.3 Å². The van der Waals surface area contributed by atoms with E-state index in [1.165, 1.54) is 25.6 Å². The molecule has 148 valence electrons. The molecule has 0 saturated carbocycles. The van der Waals surface area contributed by atoms with E-state index < -0.39 is 5.97 Å². The predicted octanol–water partition coefficient (Wildman–Crippen LogP) is 6.22. The minimum Gasteiger partial charge on any atom is -0.493 e. The summed E-state index contributed by atoms with van der Waals surface area (Å²) in [6, 6.07) is 8.68. The van der Waals surface area contributed by atoms with Gasteiger partial charge in [-0.05, 0) is 24.3 Å². The highest BCUT2D eigenvalue weighted by atomic mass is 35.5. The number of ether oxygens (including phenoxy) is 3. The van der Waals surface area contributed by atoms with Crippen molar-refractivity contribution in [3.05, 3.63) is 61.5 Å². The van der Waals surface area contributed by atoms with Crippen LogP contribution >= 0.6 is 46.1 Å². The Morgan fingerprint density at radius 2 is 1.93 bits per heavy atom. The summed E-state index contributed by atoms with van der Waals surface area (Å²) in [5, 5.41) is 1.91. The molecule has 0 N–H and O–H groups in total. The van der Waals surface area contributed by atoms with E-state index in [1.54, 1.807) is 36.4 Å². The van der Waals surface area contributed by atoms with E-state index in [9.17, 15) is 4.79 Å². The third-order valence-electron chi connectivity index (χ3n) is 4.19. The molecule has 2 heterocycles. The summed E-state index contributed by atoms with van der Waals surface area (Å²) in [5.74, 6) is 0.542. The minimum absolute atomic E-state index is 0.113. The molecule has 29 heavy (non-hydrogen) atoms. The number of carbonyl (C=O) groups is 1. The number of halogens is 3. The van der Waals surface area contributed by atoms with Crippen molar-refractivity contribution in [1.82, 2.24) is 0 Å². The van der Waals surface area contributed by atoms with Gasteiger partial charge in [-0.15, -0.1) is 11.3 Å². The number of hydrogen-bond donors (Lipinski definition) is 0. The van der Waals surface area contributed by atoms with Crippen molar-refractivity contribution in [2.75, 3.05) is 14.2 Å². The Labute approximate surface area is 185 Å². The Hall–Kier alpha value is -2.25. The van der Waals surface area contributed by atoms with Crippen LogP contribution < -0.4 is 9.47 Å². The number of thiophene rings is 1. The second kappa shape index (κ2) is 7.88. The lowest BCUT2D eigenvalue weighted by atomic mass is 10.1. The van der Waals surface area contributed by atoms with E-state index in [0.29, 0.717) is 42.4 Å². The molecule has 0 atom stereocenters. The maximum atomic E-state index is 12.4. The van der Waals surface area contributed by atoms with Crippen LogP contribution in [-0.4, -0.2) is 26.1 Å². The molecule has 0 unspecified atom stereocenters. The van der Waals surface area contributed by atoms with E-state index in [1.807, 2.05) is 0 Å². The van der Waals surface area contributed by atoms with Crippen LogP contribution in [0.4, 0.5) is 0 Å². The maximum absolute atomic E-state index is 12.4. The minimum atomic E-state index is -0.595. The summed E-state index contributed by atoms with van der Waals surface area (Å²) in [4.78, 5) is 17.2. The Balaban J connectivity index is 1.80. The van der Waals surface area contributed by atoms with Gasteiger partial charge in [-0.1, -0.05) is 46.9 Å². The first-order valence-electron chi connectivity index (χ1n) is 8.24. The van der Waals surface area contributed by atoms with Crippen LogP contribution in [0.25, 0.3) is 16.2 Å². The Morgan fingerprint density at radius 3 is 2.66 bits per heavy atom. The first-order valence-corrected chi connectivity index (χ1v) is 10.2. The van der Waals surface area contributed by atoms with E-state index in [2.05, 4.69) is 4.99 Å². The Morgan fingerprint density at radius 1 is 1.14 bits per heavy atom. The molecule has 0 saturated heterocycles. The Bertz CT molecular complexity index is 1220. The molecule has 0 aliphatic carbocycles. The highest BCUT2D eigenvalue weighted by Gasteiger charge is 2.29. The average molecular weight is 469 g/mol. The van der Waals surface area contributed by atoms with Crippen molar-refractivity contribution in [1.29, 1.82) is 0 Å². The number of cyclic esters (lactones) is 1. The molecule has 2 aromatic carbocycles. The topological polar surface area (TPSA) is 57.1 Å². The van der Waals surface area contributed by atoms with Crippen LogP contribution in [0, 0.1) is 0 Å². The number of fused-ring (bicyclic) bond motifs is 1. The molecule has 0 fully saturated rings. The van der Waals surface area contributed by atoms with Gasteiger partial charge in [0.15, 0.2) is 17.2 Å². The average Bonchev–Trinajstić information content (AvgIpc) is 3.21. The number of nitrogens with zero attached hydrogens (tertiary/aromatic N) is 1. The molecule has 5 nitrogen and oxygen atoms in total. The molecular formula is C20H12Cl3NO4S. The number of para-hydroxylation sites is 1. The first-order chi connectivity index (χ1) is 13.9. The summed E-state index contributed by atoms with van der Waals surface area (Å²) < 4.78 is 16.8. The molecule has 0 spiro atoms. The quantitative estimate of drug-likeness (QED) is 0.337. The van der Waals surface area contributed by atoms with Gasteiger partial charge in [0.25, 0.3) is 0 Å². The van der Waals surface area contributed by atoms with Crippen LogP contribution in [0.3, 0.4) is 0 Å². The molecular weight excluding hydrogens is 457 g/mol. The maximum Gasteiger partial charge on any atom is 0.363 e. The number of rotatable bonds is 4. The zero-order chi connectivity index (χ0) is 20.7. The molecule has 1 aliphatic rings. The fourth-order valence-corrected chi connectivity index (χ4v) is 5.23. The lowest BCUT2D eigenvalue weighted by Gasteiger charge is -2.09. The fourth-order valence-electron chi connectivity index (χ4n) is 2.93. The summed E-state index contributed by atoms with van der Waals surface area (Å²) in [7, 11) is 3.06. The largest absolute Gasteiger partial charge is 0.493 e. The number of carbonyl (C=O) groups excluding carboxylic acids is 1. The number of hydrogen-bond acceptors (Lipinski definition) is 6. The third kappa shape index (κ3) is 3.57. The van der Waals surface area contributed by atoms with Crippen LogP contribution in [0.1, 0.15) is 10.4 Å². The van der Waals surface area contributed by atoms with E-state index in [-0.39, 0.29) is 11.6 Å². The van der Waals surface area contributed by atoms with Crippen LogP contribution in [0.5, 0.6) is 11.5 Å². The van der Waals surface area contributed by atoms with Gasteiger partial charge in [-0.25, -0.2) is 9.79 Å². The van der Waals surface area contributed by atoms with Crippen molar-refractivity contribution in [2.45, 2.75) is 0 Å². The van der Waals surface area contributed by atoms with E-state index in [0.717, 1.165) is 4.70 Å². The van der Waals surface area contributed by atoms with Gasteiger partial charge in [-0.2, -0.15) is 0 Å². The monoisotopic (exact) mass is 467 g/mol. The lowest BCUT2D eigenvalue weighted by Crippen LogP contribution is -2.04. The van der Waals surface area contributed by atoms with Gasteiger partial charge < -0.3 is 14.2 Å². The summed E-state index contributed by atoms with van der Waals surface area (Å²) in [6.07, 6.45) is 1.57. The second-order valence-corrected chi connectivity index (χ2v) is 8.20. The van der Waals surface area contributed by atoms with Crippen molar-refractivity contribution >= 4 is 74.2 Å². The molecule has 1 aromatic heterocycles. The second-order valence-electron chi connectivity index (χ2n) is 5.92. The number of aliphatic imine (C=N–C) groups is 1. The molecule has 0 bridgehead atoms. The van der Waals surface area contributed by atoms with Gasteiger partial charge >= 0.3 is 5.97 Å². The predicted molar refractivity (Wildman–Crippen MR) is 117 cm³/mol. The van der Waals surface area contributed by atoms with E-state index >= 15 is 0 Å². The van der Waals surface area contributed by atoms with Crippen molar-refractivity contribution in [2.24, 2.45) is 4.99 Å². The normalized spacial score (nSPS) is 15.0. The van der Waals surface area contributed by atoms with Gasteiger partial charge in [0, 0.05) is 20.7 Å². The summed E-state index contributed by atoms with van der Waals surface area (Å²) in [6.45, 7) is 0.